The summed E-state index contributed by atoms with van der Waals surface area (Å²) in [6.07, 6.45) is 1.52. The van der Waals surface area contributed by atoms with E-state index >= 15 is 0 Å². The van der Waals surface area contributed by atoms with Crippen LogP contribution in [0, 0.1) is 12.7 Å². The van der Waals surface area contributed by atoms with Crippen LogP contribution in [0.4, 0.5) is 4.39 Å². The number of aromatic carboxylic acids is 1. The van der Waals surface area contributed by atoms with E-state index in [1.165, 1.54) is 13.0 Å². The number of carboxylic acids is 1. The van der Waals surface area contributed by atoms with Crippen LogP contribution in [0.1, 0.15) is 29.8 Å². The Bertz CT molecular complexity index is 641. The fourth-order valence-corrected chi connectivity index (χ4v) is 2.84. The summed E-state index contributed by atoms with van der Waals surface area (Å²) in [6, 6.07) is 2.01. The molecule has 0 spiro atoms. The zero-order valence-electron chi connectivity index (χ0n) is 10.9. The lowest BCUT2D eigenvalue weighted by atomic mass is 10.1. The van der Waals surface area contributed by atoms with Crippen LogP contribution >= 0.6 is 0 Å². The molecule has 1 rings (SSSR count). The molecule has 0 saturated heterocycles. The average molecular weight is 286 g/mol. The van der Waals surface area contributed by atoms with E-state index in [9.17, 15) is 17.6 Å². The normalized spacial score (nSPS) is 11.2. The number of carbonyl (C=O) groups is 1. The van der Waals surface area contributed by atoms with Gasteiger partial charge in [0.05, 0.1) is 16.2 Å². The molecule has 0 aliphatic heterocycles. The fourth-order valence-electron chi connectivity index (χ4n) is 1.44. The van der Waals surface area contributed by atoms with Crippen molar-refractivity contribution in [2.75, 3.05) is 5.75 Å². The summed E-state index contributed by atoms with van der Waals surface area (Å²) in [5.74, 6) is -2.63. The lowest BCUT2D eigenvalue weighted by Gasteiger charge is -2.07. The van der Waals surface area contributed by atoms with E-state index in [4.69, 9.17) is 5.11 Å². The molecule has 0 aliphatic carbocycles. The SMILES string of the molecule is CC(C)=CCS(=O)(=O)c1cc(C)c(F)c(C(=O)O)c1. The zero-order chi connectivity index (χ0) is 14.8. The summed E-state index contributed by atoms with van der Waals surface area (Å²) in [4.78, 5) is 10.7. The van der Waals surface area contributed by atoms with Gasteiger partial charge in [-0.1, -0.05) is 11.6 Å². The van der Waals surface area contributed by atoms with Crippen molar-refractivity contribution in [2.45, 2.75) is 25.7 Å². The van der Waals surface area contributed by atoms with Crippen molar-refractivity contribution in [2.24, 2.45) is 0 Å². The molecule has 1 aromatic carbocycles. The first-order chi connectivity index (χ1) is 8.65. The maximum absolute atomic E-state index is 13.5. The third kappa shape index (κ3) is 3.64. The minimum atomic E-state index is -3.66. The number of halogens is 1. The van der Waals surface area contributed by atoms with E-state index in [0.717, 1.165) is 17.7 Å². The Morgan fingerprint density at radius 3 is 2.42 bits per heavy atom. The lowest BCUT2D eigenvalue weighted by Crippen LogP contribution is -2.10. The lowest BCUT2D eigenvalue weighted by molar-refractivity contribution is 0.0691. The Hall–Kier alpha value is -1.69. The minimum Gasteiger partial charge on any atom is -0.478 e. The summed E-state index contributed by atoms with van der Waals surface area (Å²) in [7, 11) is -3.66. The van der Waals surface area contributed by atoms with Gasteiger partial charge in [-0.15, -0.1) is 0 Å². The number of carboxylic acid groups (broad SMARTS) is 1. The number of hydrogen-bond acceptors (Lipinski definition) is 3. The number of allylic oxidation sites excluding steroid dienone is 1. The second-order valence-electron chi connectivity index (χ2n) is 4.47. The van der Waals surface area contributed by atoms with Crippen LogP contribution in [0.25, 0.3) is 0 Å². The van der Waals surface area contributed by atoms with E-state index in [2.05, 4.69) is 0 Å². The Morgan fingerprint density at radius 2 is 1.95 bits per heavy atom. The summed E-state index contributed by atoms with van der Waals surface area (Å²) < 4.78 is 37.6. The maximum atomic E-state index is 13.5. The molecule has 0 aromatic heterocycles. The van der Waals surface area contributed by atoms with Gasteiger partial charge in [0.15, 0.2) is 9.84 Å². The molecule has 0 saturated carbocycles. The highest BCUT2D eigenvalue weighted by molar-refractivity contribution is 7.91. The summed E-state index contributed by atoms with van der Waals surface area (Å²) in [6.45, 7) is 4.85. The molecule has 0 bridgehead atoms. The van der Waals surface area contributed by atoms with Gasteiger partial charge in [0.2, 0.25) is 0 Å². The fraction of sp³-hybridized carbons (Fsp3) is 0.308. The molecule has 6 heteroatoms. The molecule has 0 aliphatic rings. The van der Waals surface area contributed by atoms with Crippen LogP contribution in [0.2, 0.25) is 0 Å². The molecule has 104 valence electrons. The number of hydrogen-bond donors (Lipinski definition) is 1. The van der Waals surface area contributed by atoms with Crippen molar-refractivity contribution in [3.63, 3.8) is 0 Å². The molecule has 1 N–H and O–H groups in total. The highest BCUT2D eigenvalue weighted by atomic mass is 32.2. The molecular weight excluding hydrogens is 271 g/mol. The molecule has 0 unspecified atom stereocenters. The summed E-state index contributed by atoms with van der Waals surface area (Å²) >= 11 is 0. The largest absolute Gasteiger partial charge is 0.478 e. The van der Waals surface area contributed by atoms with E-state index in [-0.39, 0.29) is 16.2 Å². The van der Waals surface area contributed by atoms with Gasteiger partial charge in [-0.2, -0.15) is 0 Å². The number of sulfone groups is 1. The predicted octanol–water partition coefficient (Wildman–Crippen LogP) is 2.57. The Kier molecular flexibility index (Phi) is 4.47. The van der Waals surface area contributed by atoms with E-state index in [1.807, 2.05) is 0 Å². The first-order valence-corrected chi connectivity index (χ1v) is 7.20. The first-order valence-electron chi connectivity index (χ1n) is 5.54. The van der Waals surface area contributed by atoms with Gasteiger partial charge >= 0.3 is 5.97 Å². The van der Waals surface area contributed by atoms with Crippen molar-refractivity contribution in [3.05, 3.63) is 40.7 Å². The highest BCUT2D eigenvalue weighted by Crippen LogP contribution is 2.20. The van der Waals surface area contributed by atoms with Crippen LogP contribution < -0.4 is 0 Å². The van der Waals surface area contributed by atoms with Gasteiger partial charge in [0.1, 0.15) is 5.82 Å². The third-order valence-corrected chi connectivity index (χ3v) is 4.09. The molecule has 0 radical (unpaired) electrons. The Balaban J connectivity index is 3.36. The van der Waals surface area contributed by atoms with Crippen molar-refractivity contribution >= 4 is 15.8 Å². The van der Waals surface area contributed by atoms with Crippen molar-refractivity contribution in [1.29, 1.82) is 0 Å². The van der Waals surface area contributed by atoms with Crippen LogP contribution in [-0.4, -0.2) is 25.2 Å². The second kappa shape index (κ2) is 5.52. The molecular formula is C13H15FO4S. The average Bonchev–Trinajstić information content (AvgIpc) is 2.29. The molecule has 4 nitrogen and oxygen atoms in total. The van der Waals surface area contributed by atoms with Crippen LogP contribution in [0.5, 0.6) is 0 Å². The third-order valence-electron chi connectivity index (χ3n) is 2.53. The standard InChI is InChI=1S/C13H15FO4S/c1-8(2)4-5-19(17,18)10-6-9(3)12(14)11(7-10)13(15)16/h4,6-7H,5H2,1-3H3,(H,15,16). The molecule has 0 amide bonds. The van der Waals surface area contributed by atoms with Gasteiger partial charge < -0.3 is 5.11 Å². The maximum Gasteiger partial charge on any atom is 0.338 e. The highest BCUT2D eigenvalue weighted by Gasteiger charge is 2.20. The van der Waals surface area contributed by atoms with Gasteiger partial charge in [-0.05, 0) is 38.5 Å². The van der Waals surface area contributed by atoms with Gasteiger partial charge in [-0.3, -0.25) is 0 Å². The Labute approximate surface area is 111 Å². The van der Waals surface area contributed by atoms with Crippen LogP contribution in [0.15, 0.2) is 28.7 Å². The van der Waals surface area contributed by atoms with Gasteiger partial charge in [0, 0.05) is 0 Å². The van der Waals surface area contributed by atoms with E-state index in [1.54, 1.807) is 13.8 Å². The molecule has 19 heavy (non-hydrogen) atoms. The predicted molar refractivity (Wildman–Crippen MR) is 69.6 cm³/mol. The number of benzene rings is 1. The van der Waals surface area contributed by atoms with Gasteiger partial charge in [0.25, 0.3) is 0 Å². The minimum absolute atomic E-state index is 0.00400. The molecule has 0 atom stereocenters. The Morgan fingerprint density at radius 1 is 1.37 bits per heavy atom. The van der Waals surface area contributed by atoms with E-state index < -0.39 is 27.2 Å². The number of aryl methyl sites for hydroxylation is 1. The number of rotatable bonds is 4. The van der Waals surface area contributed by atoms with Crippen LogP contribution in [-0.2, 0) is 9.84 Å². The smallest absolute Gasteiger partial charge is 0.338 e. The summed E-state index contributed by atoms with van der Waals surface area (Å²) in [5.41, 5.74) is 0.201. The molecule has 0 heterocycles. The molecule has 0 fully saturated rings. The zero-order valence-corrected chi connectivity index (χ0v) is 11.7. The van der Waals surface area contributed by atoms with E-state index in [0.29, 0.717) is 0 Å². The molecule has 1 aromatic rings. The van der Waals surface area contributed by atoms with Crippen molar-refractivity contribution in [3.8, 4) is 0 Å². The monoisotopic (exact) mass is 286 g/mol. The van der Waals surface area contributed by atoms with Crippen LogP contribution in [0.3, 0.4) is 0 Å². The quantitative estimate of drug-likeness (QED) is 0.682. The topological polar surface area (TPSA) is 71.4 Å². The van der Waals surface area contributed by atoms with Crippen molar-refractivity contribution < 1.29 is 22.7 Å². The second-order valence-corrected chi connectivity index (χ2v) is 6.50. The summed E-state index contributed by atoms with van der Waals surface area (Å²) in [5, 5.41) is 8.85. The van der Waals surface area contributed by atoms with Crippen molar-refractivity contribution in [1.82, 2.24) is 0 Å². The first kappa shape index (κ1) is 15.4. The van der Waals surface area contributed by atoms with Gasteiger partial charge in [-0.25, -0.2) is 17.6 Å².